The Hall–Kier alpha value is -4.66. The lowest BCUT2D eigenvalue weighted by Crippen LogP contribution is -2.12. The molecule has 9 nitrogen and oxygen atoms in total. The molecule has 3 aromatic heterocycles. The molecule has 1 amide bonds. The van der Waals surface area contributed by atoms with Crippen LogP contribution in [-0.2, 0) is 13.7 Å². The Morgan fingerprint density at radius 1 is 1.06 bits per heavy atom. The number of benzene rings is 2. The third-order valence-electron chi connectivity index (χ3n) is 5.23. The lowest BCUT2D eigenvalue weighted by atomic mass is 10.2. The number of hydrogen-bond donors (Lipinski definition) is 1. The standard InChI is InChI=1S/C25H22N6O3/c1-30-12-11-24(29-30)31-14-21(26-16-31)25(32)28-18-9-10-22(33-2)23(13-18)34-15-19-8-7-17-5-3-4-6-20(17)27-19/h3-14,16H,15H2,1-2H3,(H,28,32). The summed E-state index contributed by atoms with van der Waals surface area (Å²) in [6.07, 6.45) is 5.00. The van der Waals surface area contributed by atoms with E-state index < -0.39 is 0 Å². The second kappa shape index (κ2) is 9.07. The lowest BCUT2D eigenvalue weighted by molar-refractivity contribution is 0.102. The highest BCUT2D eigenvalue weighted by Crippen LogP contribution is 2.31. The quantitative estimate of drug-likeness (QED) is 0.399. The fourth-order valence-corrected chi connectivity index (χ4v) is 3.51. The molecule has 5 rings (SSSR count). The monoisotopic (exact) mass is 454 g/mol. The van der Waals surface area contributed by atoms with Gasteiger partial charge in [-0.2, -0.15) is 5.10 Å². The van der Waals surface area contributed by atoms with Gasteiger partial charge in [0.1, 0.15) is 18.6 Å². The van der Waals surface area contributed by atoms with Gasteiger partial charge in [-0.25, -0.2) is 9.97 Å². The van der Waals surface area contributed by atoms with Gasteiger partial charge in [0.15, 0.2) is 17.3 Å². The van der Waals surface area contributed by atoms with E-state index in [2.05, 4.69) is 20.4 Å². The molecule has 0 spiro atoms. The Morgan fingerprint density at radius 2 is 1.94 bits per heavy atom. The molecule has 0 aliphatic carbocycles. The van der Waals surface area contributed by atoms with E-state index in [0.29, 0.717) is 23.0 Å². The van der Waals surface area contributed by atoms with Crippen molar-refractivity contribution in [2.45, 2.75) is 6.61 Å². The molecule has 0 aliphatic rings. The van der Waals surface area contributed by atoms with E-state index in [1.54, 1.807) is 47.1 Å². The van der Waals surface area contributed by atoms with Crippen LogP contribution in [-0.4, -0.2) is 37.3 Å². The summed E-state index contributed by atoms with van der Waals surface area (Å²) in [5.41, 5.74) is 2.51. The molecule has 5 aromatic rings. The number of anilines is 1. The maximum atomic E-state index is 12.7. The molecule has 0 radical (unpaired) electrons. The molecule has 0 unspecified atom stereocenters. The van der Waals surface area contributed by atoms with Crippen molar-refractivity contribution in [1.29, 1.82) is 0 Å². The van der Waals surface area contributed by atoms with Crippen LogP contribution in [0.15, 0.2) is 79.4 Å². The van der Waals surface area contributed by atoms with E-state index in [9.17, 15) is 4.79 Å². The van der Waals surface area contributed by atoms with E-state index in [-0.39, 0.29) is 18.2 Å². The van der Waals surface area contributed by atoms with Crippen LogP contribution in [0.2, 0.25) is 0 Å². The molecule has 0 atom stereocenters. The van der Waals surface area contributed by atoms with E-state index in [1.807, 2.05) is 55.7 Å². The Morgan fingerprint density at radius 3 is 2.76 bits per heavy atom. The van der Waals surface area contributed by atoms with Crippen LogP contribution in [0.5, 0.6) is 11.5 Å². The predicted octanol–water partition coefficient (Wildman–Crippen LogP) is 3.99. The Kier molecular flexibility index (Phi) is 5.65. The summed E-state index contributed by atoms with van der Waals surface area (Å²) < 4.78 is 14.8. The molecule has 0 saturated heterocycles. The molecular formula is C25H22N6O3. The van der Waals surface area contributed by atoms with E-state index in [1.165, 1.54) is 0 Å². The Labute approximate surface area is 195 Å². The molecule has 0 fully saturated rings. The molecule has 2 aromatic carbocycles. The van der Waals surface area contributed by atoms with E-state index in [0.717, 1.165) is 16.6 Å². The van der Waals surface area contributed by atoms with Gasteiger partial charge in [-0.3, -0.25) is 14.0 Å². The molecule has 0 saturated carbocycles. The SMILES string of the molecule is COc1ccc(NC(=O)c2cn(-c3ccn(C)n3)cn2)cc1OCc1ccc2ccccc2n1. The molecule has 0 bridgehead atoms. The predicted molar refractivity (Wildman–Crippen MR) is 127 cm³/mol. The van der Waals surface area contributed by atoms with Crippen LogP contribution in [0.4, 0.5) is 5.69 Å². The molecular weight excluding hydrogens is 432 g/mol. The normalized spacial score (nSPS) is 10.9. The lowest BCUT2D eigenvalue weighted by Gasteiger charge is -2.13. The second-order valence-electron chi connectivity index (χ2n) is 7.62. The summed E-state index contributed by atoms with van der Waals surface area (Å²) in [7, 11) is 3.40. The first-order valence-corrected chi connectivity index (χ1v) is 10.6. The molecule has 1 N–H and O–H groups in total. The van der Waals surface area contributed by atoms with Crippen molar-refractivity contribution in [3.8, 4) is 17.3 Å². The fourth-order valence-electron chi connectivity index (χ4n) is 3.51. The van der Waals surface area contributed by atoms with Gasteiger partial charge in [0.25, 0.3) is 5.91 Å². The van der Waals surface area contributed by atoms with Crippen LogP contribution >= 0.6 is 0 Å². The summed E-state index contributed by atoms with van der Waals surface area (Å²) in [5.74, 6) is 1.38. The van der Waals surface area contributed by atoms with Crippen LogP contribution in [0.1, 0.15) is 16.2 Å². The summed E-state index contributed by atoms with van der Waals surface area (Å²) in [4.78, 5) is 21.6. The number of fused-ring (bicyclic) bond motifs is 1. The van der Waals surface area contributed by atoms with E-state index in [4.69, 9.17) is 9.47 Å². The highest BCUT2D eigenvalue weighted by atomic mass is 16.5. The zero-order chi connectivity index (χ0) is 23.5. The molecule has 34 heavy (non-hydrogen) atoms. The number of carbonyl (C=O) groups is 1. The number of aryl methyl sites for hydroxylation is 1. The fraction of sp³-hybridized carbons (Fsp3) is 0.120. The molecule has 9 heteroatoms. The zero-order valence-corrected chi connectivity index (χ0v) is 18.7. The molecule has 3 heterocycles. The number of aromatic nitrogens is 5. The first kappa shape index (κ1) is 21.2. The van der Waals surface area contributed by atoms with Crippen molar-refractivity contribution in [2.75, 3.05) is 12.4 Å². The Balaban J connectivity index is 1.30. The number of ether oxygens (including phenoxy) is 2. The minimum atomic E-state index is -0.345. The number of nitrogens with zero attached hydrogens (tertiary/aromatic N) is 5. The van der Waals surface area contributed by atoms with Crippen molar-refractivity contribution in [1.82, 2.24) is 24.3 Å². The van der Waals surface area contributed by atoms with Gasteiger partial charge < -0.3 is 14.8 Å². The number of imidazole rings is 1. The highest BCUT2D eigenvalue weighted by Gasteiger charge is 2.14. The number of nitrogens with one attached hydrogen (secondary N) is 1. The van der Waals surface area contributed by atoms with Crippen LogP contribution in [0, 0.1) is 0 Å². The number of methoxy groups -OCH3 is 1. The van der Waals surface area contributed by atoms with Crippen molar-refractivity contribution >= 4 is 22.5 Å². The third-order valence-corrected chi connectivity index (χ3v) is 5.23. The van der Waals surface area contributed by atoms with Gasteiger partial charge in [-0.05, 0) is 24.3 Å². The summed E-state index contributed by atoms with van der Waals surface area (Å²) in [6, 6.07) is 18.9. The van der Waals surface area contributed by atoms with Crippen molar-refractivity contribution < 1.29 is 14.3 Å². The van der Waals surface area contributed by atoms with Crippen molar-refractivity contribution in [3.05, 3.63) is 90.8 Å². The topological polar surface area (TPSA) is 96.1 Å². The number of hydrogen-bond acceptors (Lipinski definition) is 6. The Bertz CT molecular complexity index is 1470. The number of carbonyl (C=O) groups excluding carboxylic acids is 1. The van der Waals surface area contributed by atoms with E-state index >= 15 is 0 Å². The van der Waals surface area contributed by atoms with Crippen molar-refractivity contribution in [2.24, 2.45) is 7.05 Å². The first-order valence-electron chi connectivity index (χ1n) is 10.6. The summed E-state index contributed by atoms with van der Waals surface area (Å²) in [6.45, 7) is 0.257. The van der Waals surface area contributed by atoms with Crippen molar-refractivity contribution in [3.63, 3.8) is 0 Å². The summed E-state index contributed by atoms with van der Waals surface area (Å²) in [5, 5.41) is 8.22. The van der Waals surface area contributed by atoms with Crippen LogP contribution in [0.25, 0.3) is 16.7 Å². The molecule has 0 aliphatic heterocycles. The number of rotatable bonds is 7. The third kappa shape index (κ3) is 4.44. The maximum Gasteiger partial charge on any atom is 0.275 e. The number of para-hydroxylation sites is 1. The minimum absolute atomic E-state index is 0.257. The second-order valence-corrected chi connectivity index (χ2v) is 7.62. The highest BCUT2D eigenvalue weighted by molar-refractivity contribution is 6.02. The van der Waals surface area contributed by atoms with Gasteiger partial charge >= 0.3 is 0 Å². The maximum absolute atomic E-state index is 12.7. The minimum Gasteiger partial charge on any atom is -0.493 e. The number of pyridine rings is 1. The van der Waals surface area contributed by atoms with Gasteiger partial charge in [0.2, 0.25) is 0 Å². The van der Waals surface area contributed by atoms with Crippen LogP contribution < -0.4 is 14.8 Å². The smallest absolute Gasteiger partial charge is 0.275 e. The van der Waals surface area contributed by atoms with Gasteiger partial charge in [-0.15, -0.1) is 0 Å². The van der Waals surface area contributed by atoms with Gasteiger partial charge in [0.05, 0.1) is 18.3 Å². The van der Waals surface area contributed by atoms with Crippen LogP contribution in [0.3, 0.4) is 0 Å². The van der Waals surface area contributed by atoms with Gasteiger partial charge in [0, 0.05) is 42.6 Å². The number of amides is 1. The first-order chi connectivity index (χ1) is 16.6. The summed E-state index contributed by atoms with van der Waals surface area (Å²) >= 11 is 0. The average Bonchev–Trinajstić information content (AvgIpc) is 3.52. The largest absolute Gasteiger partial charge is 0.493 e. The average molecular weight is 454 g/mol. The van der Waals surface area contributed by atoms with Gasteiger partial charge in [-0.1, -0.05) is 24.3 Å². The molecule has 170 valence electrons. The zero-order valence-electron chi connectivity index (χ0n) is 18.7.